The van der Waals surface area contributed by atoms with Crippen LogP contribution in [0.1, 0.15) is 58.7 Å². The Morgan fingerprint density at radius 3 is 2.64 bits per heavy atom. The average molecular weight is 593 g/mol. The van der Waals surface area contributed by atoms with Crippen LogP contribution < -0.4 is 9.47 Å². The number of halogens is 2. The van der Waals surface area contributed by atoms with Crippen LogP contribution in [0.3, 0.4) is 0 Å². The van der Waals surface area contributed by atoms with Gasteiger partial charge in [0.05, 0.1) is 19.2 Å². The lowest BCUT2D eigenvalue weighted by Crippen LogP contribution is -2.35. The van der Waals surface area contributed by atoms with Gasteiger partial charge in [0, 0.05) is 22.8 Å². The highest BCUT2D eigenvalue weighted by Crippen LogP contribution is 2.44. The first-order chi connectivity index (χ1) is 20.4. The van der Waals surface area contributed by atoms with Crippen LogP contribution >= 0.6 is 11.6 Å². The molecule has 1 N–H and O–H groups in total. The molecule has 3 aliphatic heterocycles. The predicted molar refractivity (Wildman–Crippen MR) is 153 cm³/mol. The smallest absolute Gasteiger partial charge is 0.354 e. The zero-order chi connectivity index (χ0) is 28.8. The van der Waals surface area contributed by atoms with Gasteiger partial charge in [-0.3, -0.25) is 4.90 Å². The summed E-state index contributed by atoms with van der Waals surface area (Å²) >= 11 is 5.92. The molecule has 2 fully saturated rings. The van der Waals surface area contributed by atoms with E-state index in [1.54, 1.807) is 18.2 Å². The molecule has 7 rings (SSSR count). The van der Waals surface area contributed by atoms with Gasteiger partial charge in [0.25, 0.3) is 0 Å². The molecule has 0 radical (unpaired) electrons. The van der Waals surface area contributed by atoms with Crippen LogP contribution in [0.4, 0.5) is 4.39 Å². The number of fused-ring (bicyclic) bond motifs is 2. The SMILES string of the molecule is O=C(O)c1ccc2nc(CN3CCC(c4cccc5c4OC[C@H](c4ccc(Cl)cc4F)O5)CC3)n(C[C@@H]3CCO3)c2n1. The van der Waals surface area contributed by atoms with Crippen molar-refractivity contribution in [3.05, 3.63) is 82.0 Å². The highest BCUT2D eigenvalue weighted by Gasteiger charge is 2.31. The Morgan fingerprint density at radius 1 is 1.07 bits per heavy atom. The Bertz CT molecular complexity index is 1650. The standard InChI is InChI=1S/C31H30ClFN4O5/c32-19-4-5-22(23(33)14-19)27-17-41-29-21(2-1-3-26(29)42-27)18-8-11-36(12-9-18)16-28-34-24-6-7-25(31(38)39)35-30(24)37(28)15-20-10-13-40-20/h1-7,14,18,20,27H,8-13,15-17H2,(H,38,39)/t20-,27+/m0/s1. The molecule has 9 nitrogen and oxygen atoms in total. The van der Waals surface area contributed by atoms with Gasteiger partial charge < -0.3 is 23.9 Å². The first kappa shape index (κ1) is 27.1. The number of para-hydroxylation sites is 1. The molecule has 0 unspecified atom stereocenters. The number of aromatic carboxylic acids is 1. The third-order valence-corrected chi connectivity index (χ3v) is 8.66. The van der Waals surface area contributed by atoms with E-state index in [9.17, 15) is 14.3 Å². The molecule has 0 bridgehead atoms. The van der Waals surface area contributed by atoms with Crippen molar-refractivity contribution in [2.24, 2.45) is 0 Å². The summed E-state index contributed by atoms with van der Waals surface area (Å²) in [5.74, 6) is 1.06. The maximum absolute atomic E-state index is 14.5. The number of carboxylic acids is 1. The zero-order valence-corrected chi connectivity index (χ0v) is 23.6. The number of rotatable bonds is 7. The number of ether oxygens (including phenoxy) is 3. The van der Waals surface area contributed by atoms with Crippen molar-refractivity contribution >= 4 is 28.7 Å². The summed E-state index contributed by atoms with van der Waals surface area (Å²) in [4.78, 5) is 23.2. The van der Waals surface area contributed by atoms with Crippen LogP contribution in [0.25, 0.3) is 11.2 Å². The molecule has 11 heteroatoms. The highest BCUT2D eigenvalue weighted by molar-refractivity contribution is 6.30. The molecule has 42 heavy (non-hydrogen) atoms. The number of nitrogens with zero attached hydrogens (tertiary/aromatic N) is 4. The number of hydrogen-bond donors (Lipinski definition) is 1. The molecule has 0 spiro atoms. The molecule has 218 valence electrons. The summed E-state index contributed by atoms with van der Waals surface area (Å²) in [5, 5.41) is 9.80. The number of aromatic nitrogens is 3. The van der Waals surface area contributed by atoms with E-state index in [0.29, 0.717) is 46.5 Å². The van der Waals surface area contributed by atoms with Crippen molar-refractivity contribution in [2.45, 2.75) is 50.5 Å². The Morgan fingerprint density at radius 2 is 1.90 bits per heavy atom. The van der Waals surface area contributed by atoms with Crippen molar-refractivity contribution in [3.63, 3.8) is 0 Å². The van der Waals surface area contributed by atoms with E-state index in [0.717, 1.165) is 56.1 Å². The normalized spacial score (nSPS) is 20.9. The summed E-state index contributed by atoms with van der Waals surface area (Å²) in [6.07, 6.45) is 2.37. The first-order valence-electron chi connectivity index (χ1n) is 14.2. The van der Waals surface area contributed by atoms with Crippen LogP contribution in [-0.2, 0) is 17.8 Å². The first-order valence-corrected chi connectivity index (χ1v) is 14.6. The van der Waals surface area contributed by atoms with E-state index in [-0.39, 0.29) is 18.4 Å². The van der Waals surface area contributed by atoms with Crippen LogP contribution in [-0.4, -0.2) is 62.9 Å². The molecular weight excluding hydrogens is 563 g/mol. The van der Waals surface area contributed by atoms with E-state index in [1.165, 1.54) is 12.1 Å². The highest BCUT2D eigenvalue weighted by atomic mass is 35.5. The molecular formula is C31H30ClFN4O5. The molecule has 0 saturated carbocycles. The molecule has 5 heterocycles. The van der Waals surface area contributed by atoms with Gasteiger partial charge in [-0.1, -0.05) is 29.8 Å². The minimum Gasteiger partial charge on any atom is -0.485 e. The molecule has 0 amide bonds. The van der Waals surface area contributed by atoms with E-state index in [2.05, 4.69) is 16.0 Å². The number of imidazole rings is 1. The molecule has 2 aromatic heterocycles. The minimum atomic E-state index is -1.06. The van der Waals surface area contributed by atoms with Crippen molar-refractivity contribution in [2.75, 3.05) is 26.3 Å². The van der Waals surface area contributed by atoms with Crippen molar-refractivity contribution in [1.82, 2.24) is 19.4 Å². The van der Waals surface area contributed by atoms with Crippen molar-refractivity contribution in [3.8, 4) is 11.5 Å². The Kier molecular flexibility index (Phi) is 7.21. The lowest BCUT2D eigenvalue weighted by molar-refractivity contribution is -0.0593. The average Bonchev–Trinajstić information content (AvgIpc) is 3.30. The minimum absolute atomic E-state index is 0.00700. The Labute approximate surface area is 246 Å². The lowest BCUT2D eigenvalue weighted by atomic mass is 9.88. The number of carboxylic acid groups (broad SMARTS) is 1. The number of benzene rings is 2. The molecule has 0 aliphatic carbocycles. The van der Waals surface area contributed by atoms with Crippen LogP contribution in [0.15, 0.2) is 48.5 Å². The fourth-order valence-corrected chi connectivity index (χ4v) is 6.24. The Hall–Kier alpha value is -3.73. The number of hydrogen-bond acceptors (Lipinski definition) is 7. The van der Waals surface area contributed by atoms with Gasteiger partial charge in [-0.25, -0.2) is 19.2 Å². The fraction of sp³-hybridized carbons (Fsp3) is 0.387. The van der Waals surface area contributed by atoms with Gasteiger partial charge >= 0.3 is 5.97 Å². The summed E-state index contributed by atoms with van der Waals surface area (Å²) in [7, 11) is 0. The number of carbonyl (C=O) groups is 1. The second kappa shape index (κ2) is 11.2. The van der Waals surface area contributed by atoms with Gasteiger partial charge in [0.1, 0.15) is 23.8 Å². The number of likely N-dealkylation sites (tertiary alicyclic amines) is 1. The van der Waals surface area contributed by atoms with E-state index < -0.39 is 17.9 Å². The van der Waals surface area contributed by atoms with Gasteiger partial charge in [0.15, 0.2) is 28.9 Å². The summed E-state index contributed by atoms with van der Waals surface area (Å²) in [5.41, 5.74) is 2.82. The quantitative estimate of drug-likeness (QED) is 0.296. The topological polar surface area (TPSA) is 98.9 Å². The molecule has 3 aliphatic rings. The third-order valence-electron chi connectivity index (χ3n) is 8.43. The number of piperidine rings is 1. The lowest BCUT2D eigenvalue weighted by Gasteiger charge is -2.35. The molecule has 2 atom stereocenters. The molecule has 2 saturated heterocycles. The van der Waals surface area contributed by atoms with Crippen molar-refractivity contribution < 1.29 is 28.5 Å². The van der Waals surface area contributed by atoms with E-state index >= 15 is 0 Å². The second-order valence-electron chi connectivity index (χ2n) is 11.1. The third kappa shape index (κ3) is 5.19. The predicted octanol–water partition coefficient (Wildman–Crippen LogP) is 5.60. The van der Waals surface area contributed by atoms with Gasteiger partial charge in [-0.15, -0.1) is 0 Å². The van der Waals surface area contributed by atoms with Crippen LogP contribution in [0, 0.1) is 5.82 Å². The van der Waals surface area contributed by atoms with Crippen LogP contribution in [0.2, 0.25) is 5.02 Å². The largest absolute Gasteiger partial charge is 0.485 e. The van der Waals surface area contributed by atoms with E-state index in [4.69, 9.17) is 30.8 Å². The van der Waals surface area contributed by atoms with Crippen LogP contribution in [0.5, 0.6) is 11.5 Å². The van der Waals surface area contributed by atoms with Crippen molar-refractivity contribution in [1.29, 1.82) is 0 Å². The molecule has 4 aromatic rings. The number of pyridine rings is 1. The zero-order valence-electron chi connectivity index (χ0n) is 22.8. The summed E-state index contributed by atoms with van der Waals surface area (Å²) in [6, 6.07) is 13.7. The Balaban J connectivity index is 1.05. The fourth-order valence-electron chi connectivity index (χ4n) is 6.08. The maximum atomic E-state index is 14.5. The van der Waals surface area contributed by atoms with Gasteiger partial charge in [0.2, 0.25) is 0 Å². The molecule has 2 aromatic carbocycles. The summed E-state index contributed by atoms with van der Waals surface area (Å²) < 4.78 is 34.6. The monoisotopic (exact) mass is 592 g/mol. The van der Waals surface area contributed by atoms with Gasteiger partial charge in [-0.05, 0) is 68.6 Å². The second-order valence-corrected chi connectivity index (χ2v) is 11.5. The summed E-state index contributed by atoms with van der Waals surface area (Å²) in [6.45, 7) is 3.94. The van der Waals surface area contributed by atoms with E-state index in [1.807, 2.05) is 16.7 Å². The maximum Gasteiger partial charge on any atom is 0.354 e. The van der Waals surface area contributed by atoms with Gasteiger partial charge in [-0.2, -0.15) is 0 Å².